The molecule has 0 fully saturated rings. The molecule has 1 aliphatic rings. The molecule has 0 aliphatic carbocycles. The SMILES string of the molecule is Cc1cc(OC(F)F)ccc1N1CN(c2ccc(=O)[nH]c2C)C(=O)c2cc(C(F)(F)F)ccc21. The Balaban J connectivity index is 1.87. The fraction of sp³-hybridized carbons (Fsp3) is 0.217. The lowest BCUT2D eigenvalue weighted by Gasteiger charge is -2.39. The number of nitrogens with zero attached hydrogens (tertiary/aromatic N) is 2. The summed E-state index contributed by atoms with van der Waals surface area (Å²) in [5.41, 5.74) is 0.283. The summed E-state index contributed by atoms with van der Waals surface area (Å²) in [7, 11) is 0. The number of rotatable bonds is 4. The van der Waals surface area contributed by atoms with E-state index in [-0.39, 0.29) is 23.7 Å². The topological polar surface area (TPSA) is 65.6 Å². The van der Waals surface area contributed by atoms with Gasteiger partial charge in [0.15, 0.2) is 0 Å². The lowest BCUT2D eigenvalue weighted by molar-refractivity contribution is -0.137. The number of carbonyl (C=O) groups is 1. The summed E-state index contributed by atoms with van der Waals surface area (Å²) in [5.74, 6) is -0.756. The average Bonchev–Trinajstić information content (AvgIpc) is 2.74. The van der Waals surface area contributed by atoms with Gasteiger partial charge in [-0.2, -0.15) is 22.0 Å². The second-order valence-corrected chi connectivity index (χ2v) is 7.69. The first-order valence-electron chi connectivity index (χ1n) is 10.0. The third-order valence-electron chi connectivity index (χ3n) is 5.44. The number of aryl methyl sites for hydroxylation is 2. The van der Waals surface area contributed by atoms with Gasteiger partial charge in [-0.1, -0.05) is 0 Å². The smallest absolute Gasteiger partial charge is 0.416 e. The van der Waals surface area contributed by atoms with E-state index < -0.39 is 29.8 Å². The molecule has 3 aromatic rings. The van der Waals surface area contributed by atoms with Gasteiger partial charge in [0.1, 0.15) is 12.4 Å². The van der Waals surface area contributed by atoms with Crippen LogP contribution in [0, 0.1) is 13.8 Å². The highest BCUT2D eigenvalue weighted by molar-refractivity contribution is 6.13. The van der Waals surface area contributed by atoms with E-state index in [0.717, 1.165) is 12.1 Å². The van der Waals surface area contributed by atoms with Gasteiger partial charge in [-0.25, -0.2) is 0 Å². The number of alkyl halides is 5. The van der Waals surface area contributed by atoms with Crippen LogP contribution in [0.2, 0.25) is 0 Å². The molecular formula is C23H18F5N3O3. The average molecular weight is 479 g/mol. The van der Waals surface area contributed by atoms with E-state index in [1.54, 1.807) is 18.7 Å². The minimum absolute atomic E-state index is 0.0784. The van der Waals surface area contributed by atoms with Crippen LogP contribution in [-0.4, -0.2) is 24.2 Å². The van der Waals surface area contributed by atoms with Gasteiger partial charge in [-0.15, -0.1) is 0 Å². The Morgan fingerprint density at radius 3 is 2.21 bits per heavy atom. The number of benzene rings is 2. The Morgan fingerprint density at radius 2 is 1.59 bits per heavy atom. The van der Waals surface area contributed by atoms with Crippen LogP contribution >= 0.6 is 0 Å². The number of hydrogen-bond acceptors (Lipinski definition) is 4. The zero-order valence-electron chi connectivity index (χ0n) is 17.9. The predicted molar refractivity (Wildman–Crippen MR) is 115 cm³/mol. The van der Waals surface area contributed by atoms with Crippen molar-refractivity contribution in [1.82, 2.24) is 4.98 Å². The fourth-order valence-electron chi connectivity index (χ4n) is 3.91. The maximum Gasteiger partial charge on any atom is 0.416 e. The molecule has 1 N–H and O–H groups in total. The number of anilines is 3. The first-order valence-corrected chi connectivity index (χ1v) is 10.0. The quantitative estimate of drug-likeness (QED) is 0.512. The van der Waals surface area contributed by atoms with Gasteiger partial charge in [-0.3, -0.25) is 14.5 Å². The van der Waals surface area contributed by atoms with E-state index in [9.17, 15) is 31.5 Å². The number of fused-ring (bicyclic) bond motifs is 1. The number of aromatic nitrogens is 1. The zero-order chi connectivity index (χ0) is 24.8. The van der Waals surface area contributed by atoms with Crippen molar-refractivity contribution in [3.05, 3.63) is 81.3 Å². The Labute approximate surface area is 190 Å². The number of carbonyl (C=O) groups excluding carboxylic acids is 1. The Kier molecular flexibility index (Phi) is 5.80. The molecule has 34 heavy (non-hydrogen) atoms. The van der Waals surface area contributed by atoms with E-state index in [0.29, 0.717) is 22.6 Å². The van der Waals surface area contributed by atoms with E-state index in [1.165, 1.54) is 41.3 Å². The molecule has 0 saturated carbocycles. The van der Waals surface area contributed by atoms with Crippen LogP contribution in [-0.2, 0) is 6.18 Å². The van der Waals surface area contributed by atoms with Crippen LogP contribution in [0.3, 0.4) is 0 Å². The first kappa shape index (κ1) is 23.3. The standard InChI is InChI=1S/C23H18F5N3O3/c1-12-9-15(34-22(24)25)4-6-17(12)30-11-31(18-7-8-20(32)29-13(18)2)21(33)16-10-14(23(26,27)28)3-5-19(16)30/h3-10,22H,11H2,1-2H3,(H,29,32). The van der Waals surface area contributed by atoms with Gasteiger partial charge in [0.05, 0.1) is 22.5 Å². The molecular weight excluding hydrogens is 461 g/mol. The van der Waals surface area contributed by atoms with Crippen molar-refractivity contribution in [2.75, 3.05) is 16.5 Å². The van der Waals surface area contributed by atoms with Gasteiger partial charge >= 0.3 is 12.8 Å². The van der Waals surface area contributed by atoms with E-state index in [4.69, 9.17) is 0 Å². The molecule has 0 unspecified atom stereocenters. The molecule has 178 valence electrons. The summed E-state index contributed by atoms with van der Waals surface area (Å²) in [4.78, 5) is 30.4. The highest BCUT2D eigenvalue weighted by Crippen LogP contribution is 2.41. The van der Waals surface area contributed by atoms with Gasteiger partial charge in [0.25, 0.3) is 5.91 Å². The molecule has 11 heteroatoms. The van der Waals surface area contributed by atoms with Crippen LogP contribution in [0.5, 0.6) is 5.75 Å². The third-order valence-corrected chi connectivity index (χ3v) is 5.44. The van der Waals surface area contributed by atoms with Crippen molar-refractivity contribution in [2.45, 2.75) is 26.6 Å². The lowest BCUT2D eigenvalue weighted by Crippen LogP contribution is -2.45. The van der Waals surface area contributed by atoms with Crippen molar-refractivity contribution in [3.8, 4) is 5.75 Å². The van der Waals surface area contributed by atoms with Crippen molar-refractivity contribution >= 4 is 23.0 Å². The van der Waals surface area contributed by atoms with Crippen molar-refractivity contribution in [3.63, 3.8) is 0 Å². The normalized spacial score (nSPS) is 13.9. The Morgan fingerprint density at radius 1 is 0.912 bits per heavy atom. The van der Waals surface area contributed by atoms with E-state index in [2.05, 4.69) is 9.72 Å². The van der Waals surface area contributed by atoms with E-state index in [1.807, 2.05) is 0 Å². The molecule has 6 nitrogen and oxygen atoms in total. The highest BCUT2D eigenvalue weighted by Gasteiger charge is 2.37. The Hall–Kier alpha value is -3.89. The molecule has 0 spiro atoms. The molecule has 4 rings (SSSR count). The largest absolute Gasteiger partial charge is 0.435 e. The Bertz CT molecular complexity index is 1320. The summed E-state index contributed by atoms with van der Waals surface area (Å²) < 4.78 is 69.8. The number of hydrogen-bond donors (Lipinski definition) is 1. The summed E-state index contributed by atoms with van der Waals surface area (Å²) in [6.07, 6.45) is -4.67. The number of aromatic amines is 1. The second-order valence-electron chi connectivity index (χ2n) is 7.69. The fourth-order valence-corrected chi connectivity index (χ4v) is 3.91. The van der Waals surface area contributed by atoms with Gasteiger partial charge in [-0.05, 0) is 61.9 Å². The molecule has 0 radical (unpaired) electrons. The van der Waals surface area contributed by atoms with Gasteiger partial charge in [0.2, 0.25) is 5.56 Å². The second kappa shape index (κ2) is 8.47. The van der Waals surface area contributed by atoms with Crippen LogP contribution in [0.1, 0.15) is 27.2 Å². The minimum Gasteiger partial charge on any atom is -0.435 e. The first-order chi connectivity index (χ1) is 16.0. The van der Waals surface area contributed by atoms with Gasteiger partial charge < -0.3 is 14.6 Å². The molecule has 0 atom stereocenters. The van der Waals surface area contributed by atoms with Crippen molar-refractivity contribution in [1.29, 1.82) is 0 Å². The lowest BCUT2D eigenvalue weighted by atomic mass is 10.0. The monoisotopic (exact) mass is 479 g/mol. The summed E-state index contributed by atoms with van der Waals surface area (Å²) in [6.45, 7) is 0.0827. The molecule has 0 saturated heterocycles. The molecule has 1 aromatic heterocycles. The molecule has 1 amide bonds. The number of amides is 1. The van der Waals surface area contributed by atoms with Gasteiger partial charge in [0, 0.05) is 17.4 Å². The van der Waals surface area contributed by atoms with Crippen LogP contribution in [0.25, 0.3) is 0 Å². The van der Waals surface area contributed by atoms with Crippen LogP contribution < -0.4 is 20.1 Å². The molecule has 2 heterocycles. The van der Waals surface area contributed by atoms with Crippen molar-refractivity contribution in [2.24, 2.45) is 0 Å². The minimum atomic E-state index is -4.67. The molecule has 1 aliphatic heterocycles. The number of pyridine rings is 1. The summed E-state index contributed by atoms with van der Waals surface area (Å²) in [6, 6.07) is 9.66. The maximum atomic E-state index is 13.4. The number of ether oxygens (including phenoxy) is 1. The van der Waals surface area contributed by atoms with Crippen LogP contribution in [0.4, 0.5) is 39.0 Å². The molecule has 0 bridgehead atoms. The summed E-state index contributed by atoms with van der Waals surface area (Å²) >= 11 is 0. The van der Waals surface area contributed by atoms with Crippen molar-refractivity contribution < 1.29 is 31.5 Å². The van der Waals surface area contributed by atoms with E-state index >= 15 is 0 Å². The summed E-state index contributed by atoms with van der Waals surface area (Å²) in [5, 5.41) is 0. The zero-order valence-corrected chi connectivity index (χ0v) is 17.9. The number of H-pyrrole nitrogens is 1. The van der Waals surface area contributed by atoms with Crippen LogP contribution in [0.15, 0.2) is 53.3 Å². The third kappa shape index (κ3) is 4.33. The number of nitrogens with one attached hydrogen (secondary N) is 1. The number of halogens is 5. The highest BCUT2D eigenvalue weighted by atomic mass is 19.4. The predicted octanol–water partition coefficient (Wildman–Crippen LogP) is 5.37. The molecule has 2 aromatic carbocycles. The maximum absolute atomic E-state index is 13.4.